The highest BCUT2D eigenvalue weighted by Crippen LogP contribution is 2.30. The molecule has 1 atom stereocenters. The SMILES string of the molecule is COc1ccccc1N1CCN([C@@H]2CCCN(C(=O)c3cccc4c(C)c(C)[nH]c34)C2)CC1. The van der Waals surface area contributed by atoms with Crippen molar-refractivity contribution < 1.29 is 9.53 Å². The van der Waals surface area contributed by atoms with Crippen LogP contribution >= 0.6 is 0 Å². The molecule has 2 fully saturated rings. The summed E-state index contributed by atoms with van der Waals surface area (Å²) in [5.74, 6) is 1.09. The Bertz CT molecular complexity index is 1150. The molecule has 5 rings (SSSR count). The predicted octanol–water partition coefficient (Wildman–Crippen LogP) is 4.22. The molecule has 0 saturated carbocycles. The number of methoxy groups -OCH3 is 1. The van der Waals surface area contributed by atoms with Gasteiger partial charge in [-0.05, 0) is 50.5 Å². The highest BCUT2D eigenvalue weighted by molar-refractivity contribution is 6.06. The van der Waals surface area contributed by atoms with E-state index < -0.39 is 0 Å². The van der Waals surface area contributed by atoms with Gasteiger partial charge in [0.1, 0.15) is 5.75 Å². The highest BCUT2D eigenvalue weighted by Gasteiger charge is 2.31. The van der Waals surface area contributed by atoms with Gasteiger partial charge in [0.25, 0.3) is 5.91 Å². The molecular formula is C27H34N4O2. The number of carbonyl (C=O) groups is 1. The molecule has 33 heavy (non-hydrogen) atoms. The zero-order chi connectivity index (χ0) is 22.9. The summed E-state index contributed by atoms with van der Waals surface area (Å²) in [7, 11) is 1.74. The van der Waals surface area contributed by atoms with Crippen LogP contribution in [0.3, 0.4) is 0 Å². The number of piperazine rings is 1. The topological polar surface area (TPSA) is 51.8 Å². The van der Waals surface area contributed by atoms with Crippen molar-refractivity contribution in [3.8, 4) is 5.75 Å². The fraction of sp³-hybridized carbons (Fsp3) is 0.444. The van der Waals surface area contributed by atoms with Crippen LogP contribution in [-0.2, 0) is 0 Å². The number of likely N-dealkylation sites (tertiary alicyclic amines) is 1. The van der Waals surface area contributed by atoms with Gasteiger partial charge in [0, 0.05) is 56.4 Å². The first-order chi connectivity index (χ1) is 16.1. The Morgan fingerprint density at radius 3 is 2.58 bits per heavy atom. The van der Waals surface area contributed by atoms with Crippen LogP contribution in [0.2, 0.25) is 0 Å². The summed E-state index contributed by atoms with van der Waals surface area (Å²) in [6, 6.07) is 14.8. The van der Waals surface area contributed by atoms with E-state index in [1.54, 1.807) is 7.11 Å². The summed E-state index contributed by atoms with van der Waals surface area (Å²) in [5, 5.41) is 1.15. The summed E-state index contributed by atoms with van der Waals surface area (Å²) in [4.78, 5) is 24.0. The van der Waals surface area contributed by atoms with Gasteiger partial charge < -0.3 is 19.5 Å². The summed E-state index contributed by atoms with van der Waals surface area (Å²) in [6.45, 7) is 9.81. The Morgan fingerprint density at radius 2 is 1.79 bits per heavy atom. The van der Waals surface area contributed by atoms with Gasteiger partial charge in [-0.1, -0.05) is 24.3 Å². The van der Waals surface area contributed by atoms with Gasteiger partial charge in [-0.2, -0.15) is 0 Å². The molecule has 2 saturated heterocycles. The van der Waals surface area contributed by atoms with Crippen LogP contribution < -0.4 is 9.64 Å². The summed E-state index contributed by atoms with van der Waals surface area (Å²) < 4.78 is 5.56. The predicted molar refractivity (Wildman–Crippen MR) is 133 cm³/mol. The number of hydrogen-bond donors (Lipinski definition) is 1. The molecule has 3 aromatic rings. The van der Waals surface area contributed by atoms with Gasteiger partial charge in [-0.15, -0.1) is 0 Å². The zero-order valence-electron chi connectivity index (χ0n) is 19.9. The average molecular weight is 447 g/mol. The smallest absolute Gasteiger partial charge is 0.256 e. The fourth-order valence-corrected chi connectivity index (χ4v) is 5.49. The van der Waals surface area contributed by atoms with E-state index in [1.165, 1.54) is 11.3 Å². The number of nitrogens with one attached hydrogen (secondary N) is 1. The molecule has 1 N–H and O–H groups in total. The Kier molecular flexibility index (Phi) is 6.02. The van der Waals surface area contributed by atoms with E-state index >= 15 is 0 Å². The van der Waals surface area contributed by atoms with Gasteiger partial charge in [-0.3, -0.25) is 9.69 Å². The largest absolute Gasteiger partial charge is 0.495 e. The van der Waals surface area contributed by atoms with E-state index in [9.17, 15) is 4.79 Å². The van der Waals surface area contributed by atoms with Crippen LogP contribution in [0.4, 0.5) is 5.69 Å². The number of rotatable bonds is 4. The second-order valence-electron chi connectivity index (χ2n) is 9.35. The van der Waals surface area contributed by atoms with Gasteiger partial charge in [0.05, 0.1) is 23.9 Å². The van der Waals surface area contributed by atoms with Crippen LogP contribution in [0.5, 0.6) is 5.75 Å². The third-order valence-corrected chi connectivity index (χ3v) is 7.51. The molecule has 3 heterocycles. The molecule has 1 amide bonds. The second-order valence-corrected chi connectivity index (χ2v) is 9.35. The number of H-pyrrole nitrogens is 1. The number of nitrogens with zero attached hydrogens (tertiary/aromatic N) is 3. The third-order valence-electron chi connectivity index (χ3n) is 7.51. The van der Waals surface area contributed by atoms with Gasteiger partial charge in [-0.25, -0.2) is 0 Å². The molecule has 6 nitrogen and oxygen atoms in total. The van der Waals surface area contributed by atoms with Gasteiger partial charge in [0.15, 0.2) is 0 Å². The van der Waals surface area contributed by atoms with E-state index in [2.05, 4.69) is 51.7 Å². The lowest BCUT2D eigenvalue weighted by Gasteiger charge is -2.44. The fourth-order valence-electron chi connectivity index (χ4n) is 5.49. The van der Waals surface area contributed by atoms with Crippen molar-refractivity contribution in [2.45, 2.75) is 32.7 Å². The summed E-state index contributed by atoms with van der Waals surface area (Å²) in [6.07, 6.45) is 2.21. The number of carbonyl (C=O) groups excluding carboxylic acids is 1. The lowest BCUT2D eigenvalue weighted by molar-refractivity contribution is 0.0565. The van der Waals surface area contributed by atoms with Crippen LogP contribution in [0, 0.1) is 13.8 Å². The molecular weight excluding hydrogens is 412 g/mol. The van der Waals surface area contributed by atoms with Crippen molar-refractivity contribution in [1.82, 2.24) is 14.8 Å². The number of amides is 1. The zero-order valence-corrected chi connectivity index (χ0v) is 19.9. The summed E-state index contributed by atoms with van der Waals surface area (Å²) >= 11 is 0. The molecule has 1 aromatic heterocycles. The van der Waals surface area contributed by atoms with Crippen LogP contribution in [0.15, 0.2) is 42.5 Å². The maximum Gasteiger partial charge on any atom is 0.256 e. The van der Waals surface area contributed by atoms with Crippen molar-refractivity contribution in [3.63, 3.8) is 0 Å². The number of anilines is 1. The van der Waals surface area contributed by atoms with E-state index in [0.717, 1.165) is 80.0 Å². The molecule has 0 radical (unpaired) electrons. The van der Waals surface area contributed by atoms with Crippen LogP contribution in [-0.4, -0.2) is 73.1 Å². The van der Waals surface area contributed by atoms with E-state index in [0.29, 0.717) is 6.04 Å². The Morgan fingerprint density at radius 1 is 1.00 bits per heavy atom. The standard InChI is InChI=1S/C27H34N4O2/c1-19-20(2)28-26-22(19)9-6-10-23(26)27(32)31-13-7-8-21(18-31)29-14-16-30(17-15-29)24-11-4-5-12-25(24)33-3/h4-6,9-12,21,28H,7-8,13-18H2,1-3H3/t21-/m1/s1. The van der Waals surface area contributed by atoms with E-state index in [-0.39, 0.29) is 5.91 Å². The highest BCUT2D eigenvalue weighted by atomic mass is 16.5. The minimum Gasteiger partial charge on any atom is -0.495 e. The Labute approximate surface area is 196 Å². The normalized spacial score (nSPS) is 19.8. The first kappa shape index (κ1) is 21.8. The first-order valence-electron chi connectivity index (χ1n) is 12.1. The number of para-hydroxylation sites is 3. The quantitative estimate of drug-likeness (QED) is 0.652. The number of aromatic amines is 1. The van der Waals surface area contributed by atoms with Gasteiger partial charge >= 0.3 is 0 Å². The minimum absolute atomic E-state index is 0.152. The summed E-state index contributed by atoms with van der Waals surface area (Å²) in [5.41, 5.74) is 5.30. The molecule has 2 aliphatic rings. The van der Waals surface area contributed by atoms with E-state index in [1.807, 2.05) is 24.3 Å². The molecule has 2 aromatic carbocycles. The van der Waals surface area contributed by atoms with Crippen molar-refractivity contribution in [2.75, 3.05) is 51.3 Å². The second kappa shape index (κ2) is 9.10. The molecule has 0 unspecified atom stereocenters. The van der Waals surface area contributed by atoms with Crippen molar-refractivity contribution in [2.24, 2.45) is 0 Å². The molecule has 0 aliphatic carbocycles. The lowest BCUT2D eigenvalue weighted by Crippen LogP contribution is -2.56. The third kappa shape index (κ3) is 4.08. The average Bonchev–Trinajstić information content (AvgIpc) is 3.17. The molecule has 2 aliphatic heterocycles. The van der Waals surface area contributed by atoms with E-state index in [4.69, 9.17) is 4.74 Å². The monoisotopic (exact) mass is 446 g/mol. The van der Waals surface area contributed by atoms with Gasteiger partial charge in [0.2, 0.25) is 0 Å². The van der Waals surface area contributed by atoms with Crippen molar-refractivity contribution in [1.29, 1.82) is 0 Å². The molecule has 0 spiro atoms. The van der Waals surface area contributed by atoms with Crippen molar-refractivity contribution >= 4 is 22.5 Å². The molecule has 174 valence electrons. The number of piperidine rings is 1. The number of aryl methyl sites for hydroxylation is 2. The molecule has 0 bridgehead atoms. The van der Waals surface area contributed by atoms with Crippen LogP contribution in [0.25, 0.3) is 10.9 Å². The number of fused-ring (bicyclic) bond motifs is 1. The number of ether oxygens (including phenoxy) is 1. The number of benzene rings is 2. The number of hydrogen-bond acceptors (Lipinski definition) is 4. The number of aromatic nitrogens is 1. The minimum atomic E-state index is 0.152. The molecule has 6 heteroatoms. The Balaban J connectivity index is 1.26. The lowest BCUT2D eigenvalue weighted by atomic mass is 10.0. The maximum atomic E-state index is 13.5. The van der Waals surface area contributed by atoms with Crippen molar-refractivity contribution in [3.05, 3.63) is 59.3 Å². The Hall–Kier alpha value is -2.99. The van der Waals surface area contributed by atoms with Crippen LogP contribution in [0.1, 0.15) is 34.5 Å². The maximum absolute atomic E-state index is 13.5. The first-order valence-corrected chi connectivity index (χ1v) is 12.1.